The smallest absolute Gasteiger partial charge is 0.414 e. The molecule has 0 spiro atoms. The zero-order chi connectivity index (χ0) is 19.1. The van der Waals surface area contributed by atoms with Crippen molar-refractivity contribution in [3.63, 3.8) is 0 Å². The number of ether oxygens (including phenoxy) is 2. The van der Waals surface area contributed by atoms with Crippen molar-refractivity contribution >= 4 is 23.6 Å². The molecule has 1 aliphatic heterocycles. The van der Waals surface area contributed by atoms with E-state index in [9.17, 15) is 14.0 Å². The van der Waals surface area contributed by atoms with Gasteiger partial charge in [0.2, 0.25) is 5.91 Å². The second-order valence-electron chi connectivity index (χ2n) is 5.67. The number of methoxy groups -OCH3 is 1. The lowest BCUT2D eigenvalue weighted by molar-refractivity contribution is -0.135. The van der Waals surface area contributed by atoms with Crippen molar-refractivity contribution in [2.75, 3.05) is 44.8 Å². The number of nitrogens with zero attached hydrogens (tertiary/aromatic N) is 2. The number of hydrogen-bond donors (Lipinski definition) is 3. The summed E-state index contributed by atoms with van der Waals surface area (Å²) in [5, 5.41) is 8.90. The van der Waals surface area contributed by atoms with E-state index in [1.165, 1.54) is 13.2 Å². The van der Waals surface area contributed by atoms with Crippen LogP contribution in [0.4, 0.5) is 14.9 Å². The van der Waals surface area contributed by atoms with Crippen LogP contribution in [-0.4, -0.2) is 62.8 Å². The van der Waals surface area contributed by atoms with Gasteiger partial charge in [-0.1, -0.05) is 12.1 Å². The molecule has 0 aliphatic carbocycles. The molecule has 1 fully saturated rings. The topological polar surface area (TPSA) is 121 Å². The molecular weight excluding hydrogens is 345 g/mol. The van der Waals surface area contributed by atoms with Crippen LogP contribution in [0.1, 0.15) is 5.56 Å². The Morgan fingerprint density at radius 1 is 1.31 bits per heavy atom. The number of anilines is 1. The van der Waals surface area contributed by atoms with Crippen molar-refractivity contribution in [3.05, 3.63) is 29.6 Å². The zero-order valence-electron chi connectivity index (χ0n) is 14.5. The van der Waals surface area contributed by atoms with Crippen molar-refractivity contribution in [1.82, 2.24) is 10.2 Å². The molecule has 1 aromatic carbocycles. The molecular formula is C16H22FN5O4. The van der Waals surface area contributed by atoms with E-state index < -0.39 is 17.9 Å². The summed E-state index contributed by atoms with van der Waals surface area (Å²) in [6, 6.07) is 4.82. The van der Waals surface area contributed by atoms with Crippen LogP contribution in [0, 0.1) is 11.2 Å². The highest BCUT2D eigenvalue weighted by molar-refractivity contribution is 5.90. The largest absolute Gasteiger partial charge is 0.444 e. The Hall–Kier alpha value is -2.88. The maximum Gasteiger partial charge on any atom is 0.414 e. The number of carbonyl (C=O) groups is 2. The fourth-order valence-electron chi connectivity index (χ4n) is 2.62. The van der Waals surface area contributed by atoms with Gasteiger partial charge in [-0.05, 0) is 6.07 Å². The third kappa shape index (κ3) is 5.06. The lowest BCUT2D eigenvalue weighted by Crippen LogP contribution is -2.50. The maximum absolute atomic E-state index is 14.7. The summed E-state index contributed by atoms with van der Waals surface area (Å²) in [5.74, 6) is -1.13. The number of alkyl carbamates (subject to hydrolysis) is 1. The molecule has 142 valence electrons. The van der Waals surface area contributed by atoms with Crippen molar-refractivity contribution in [3.8, 4) is 0 Å². The molecule has 9 nitrogen and oxygen atoms in total. The van der Waals surface area contributed by atoms with Crippen molar-refractivity contribution in [2.45, 2.75) is 6.61 Å². The Morgan fingerprint density at radius 2 is 2.00 bits per heavy atom. The maximum atomic E-state index is 14.7. The first kappa shape index (κ1) is 19.4. The highest BCUT2D eigenvalue weighted by Gasteiger charge is 2.23. The Balaban J connectivity index is 1.98. The molecule has 4 N–H and O–H groups in total. The van der Waals surface area contributed by atoms with Crippen LogP contribution < -0.4 is 16.0 Å². The number of piperazine rings is 1. The van der Waals surface area contributed by atoms with E-state index in [0.29, 0.717) is 31.9 Å². The van der Waals surface area contributed by atoms with Gasteiger partial charge in [0.15, 0.2) is 11.8 Å². The number of rotatable bonds is 5. The number of nitrogens with one attached hydrogen (secondary N) is 2. The monoisotopic (exact) mass is 367 g/mol. The third-order valence-corrected chi connectivity index (χ3v) is 3.89. The van der Waals surface area contributed by atoms with Crippen molar-refractivity contribution in [2.24, 2.45) is 5.73 Å². The lowest BCUT2D eigenvalue weighted by atomic mass is 10.1. The Bertz CT molecular complexity index is 677. The number of benzene rings is 1. The van der Waals surface area contributed by atoms with Gasteiger partial charge in [0.25, 0.3) is 0 Å². The van der Waals surface area contributed by atoms with Gasteiger partial charge in [-0.25, -0.2) is 9.18 Å². The SMILES string of the molecule is COCC(=O)N1CCN(c2cccc(COC(=O)NC(=N)N)c2F)CC1. The molecule has 2 rings (SSSR count). The molecule has 1 aliphatic rings. The van der Waals surface area contributed by atoms with Crippen molar-refractivity contribution < 1.29 is 23.5 Å². The minimum absolute atomic E-state index is 0.0313. The Kier molecular flexibility index (Phi) is 6.73. The predicted octanol–water partition coefficient (Wildman–Crippen LogP) is 0.240. The summed E-state index contributed by atoms with van der Waals surface area (Å²) in [4.78, 5) is 26.7. The Labute approximate surface area is 150 Å². The Morgan fingerprint density at radius 3 is 2.62 bits per heavy atom. The van der Waals surface area contributed by atoms with Crippen molar-refractivity contribution in [1.29, 1.82) is 5.41 Å². The highest BCUT2D eigenvalue weighted by atomic mass is 19.1. The van der Waals surface area contributed by atoms with Gasteiger partial charge in [-0.3, -0.25) is 15.5 Å². The average molecular weight is 367 g/mol. The van der Waals surface area contributed by atoms with E-state index in [2.05, 4.69) is 0 Å². The number of amides is 2. The lowest BCUT2D eigenvalue weighted by Gasteiger charge is -2.36. The number of guanidine groups is 1. The summed E-state index contributed by atoms with van der Waals surface area (Å²) < 4.78 is 24.4. The van der Waals surface area contributed by atoms with Crippen LogP contribution in [0.25, 0.3) is 0 Å². The minimum Gasteiger partial charge on any atom is -0.444 e. The van der Waals surface area contributed by atoms with E-state index in [-0.39, 0.29) is 24.7 Å². The van der Waals surface area contributed by atoms with Crippen LogP contribution in [0.15, 0.2) is 18.2 Å². The van der Waals surface area contributed by atoms with Gasteiger partial charge in [-0.15, -0.1) is 0 Å². The predicted molar refractivity (Wildman–Crippen MR) is 92.3 cm³/mol. The summed E-state index contributed by atoms with van der Waals surface area (Å²) in [6.07, 6.45) is -0.924. The first-order valence-electron chi connectivity index (χ1n) is 7.99. The molecule has 0 atom stereocenters. The third-order valence-electron chi connectivity index (χ3n) is 3.89. The van der Waals surface area contributed by atoms with E-state index in [0.717, 1.165) is 0 Å². The quantitative estimate of drug-likeness (QED) is 0.506. The number of carbonyl (C=O) groups excluding carboxylic acids is 2. The van der Waals surface area contributed by atoms with Gasteiger partial charge in [-0.2, -0.15) is 0 Å². The van der Waals surface area contributed by atoms with E-state index in [4.69, 9.17) is 20.6 Å². The number of hydrogen-bond acceptors (Lipinski definition) is 6. The fourth-order valence-corrected chi connectivity index (χ4v) is 2.62. The van der Waals surface area contributed by atoms with E-state index >= 15 is 0 Å². The normalized spacial score (nSPS) is 14.1. The molecule has 0 unspecified atom stereocenters. The van der Waals surface area contributed by atoms with Crippen LogP contribution in [0.5, 0.6) is 0 Å². The summed E-state index contributed by atoms with van der Waals surface area (Å²) in [5.41, 5.74) is 5.61. The molecule has 0 aromatic heterocycles. The molecule has 0 radical (unpaired) electrons. The molecule has 1 aromatic rings. The molecule has 10 heteroatoms. The van der Waals surface area contributed by atoms with Gasteiger partial charge >= 0.3 is 6.09 Å². The zero-order valence-corrected chi connectivity index (χ0v) is 14.5. The average Bonchev–Trinajstić information content (AvgIpc) is 2.60. The minimum atomic E-state index is -0.924. The van der Waals surface area contributed by atoms with Gasteiger partial charge in [0.1, 0.15) is 13.2 Å². The number of nitrogens with two attached hydrogens (primary N) is 1. The molecule has 0 saturated carbocycles. The highest BCUT2D eigenvalue weighted by Crippen LogP contribution is 2.24. The summed E-state index contributed by atoms with van der Waals surface area (Å²) in [6.45, 7) is 1.67. The van der Waals surface area contributed by atoms with Gasteiger partial charge < -0.3 is 25.0 Å². The van der Waals surface area contributed by atoms with Crippen LogP contribution >= 0.6 is 0 Å². The van der Waals surface area contributed by atoms with E-state index in [1.54, 1.807) is 17.0 Å². The first-order valence-corrected chi connectivity index (χ1v) is 7.99. The summed E-state index contributed by atoms with van der Waals surface area (Å²) >= 11 is 0. The second-order valence-corrected chi connectivity index (χ2v) is 5.67. The summed E-state index contributed by atoms with van der Waals surface area (Å²) in [7, 11) is 1.47. The van der Waals surface area contributed by atoms with Gasteiger partial charge in [0, 0.05) is 38.9 Å². The van der Waals surface area contributed by atoms with Gasteiger partial charge in [0.05, 0.1) is 5.69 Å². The first-order chi connectivity index (χ1) is 12.4. The molecule has 26 heavy (non-hydrogen) atoms. The van der Waals surface area contributed by atoms with Crippen LogP contribution in [-0.2, 0) is 20.9 Å². The standard InChI is InChI=1S/C16H22FN5O4/c1-25-10-13(23)22-7-5-21(6-8-22)12-4-2-3-11(14(12)17)9-26-16(24)20-15(18)19/h2-4H,5-10H2,1H3,(H4,18,19,20,24). The number of halogens is 1. The molecule has 1 heterocycles. The fraction of sp³-hybridized carbons (Fsp3) is 0.438. The van der Waals surface area contributed by atoms with Crippen LogP contribution in [0.3, 0.4) is 0 Å². The second kappa shape index (κ2) is 8.99. The molecule has 2 amide bonds. The van der Waals surface area contributed by atoms with E-state index in [1.807, 2.05) is 10.2 Å². The molecule has 1 saturated heterocycles. The van der Waals surface area contributed by atoms with Crippen LogP contribution in [0.2, 0.25) is 0 Å². The molecule has 0 bridgehead atoms.